The molecule has 1 saturated heterocycles. The van der Waals surface area contributed by atoms with Crippen molar-refractivity contribution in [3.63, 3.8) is 0 Å². The Kier molecular flexibility index (Phi) is 3.89. The van der Waals surface area contributed by atoms with E-state index in [0.717, 1.165) is 19.6 Å². The molecule has 2 unspecified atom stereocenters. The maximum absolute atomic E-state index is 4.80. The van der Waals surface area contributed by atoms with E-state index in [-0.39, 0.29) is 0 Å². The number of nitrogens with one attached hydrogen (secondary N) is 1. The first-order chi connectivity index (χ1) is 9.22. The van der Waals surface area contributed by atoms with Crippen LogP contribution >= 0.6 is 0 Å². The van der Waals surface area contributed by atoms with Gasteiger partial charge < -0.3 is 5.32 Å². The van der Waals surface area contributed by atoms with Crippen LogP contribution in [0.3, 0.4) is 0 Å². The van der Waals surface area contributed by atoms with Crippen molar-refractivity contribution >= 4 is 0 Å². The summed E-state index contributed by atoms with van der Waals surface area (Å²) in [5, 5.41) is 8.33. The number of rotatable bonds is 3. The van der Waals surface area contributed by atoms with Crippen LogP contribution in [-0.4, -0.2) is 39.9 Å². The van der Waals surface area contributed by atoms with Gasteiger partial charge in [0.15, 0.2) is 0 Å². The van der Waals surface area contributed by atoms with Crippen molar-refractivity contribution in [1.82, 2.24) is 20.0 Å². The third kappa shape index (κ3) is 3.00. The summed E-state index contributed by atoms with van der Waals surface area (Å²) in [6.07, 6.45) is 7.53. The summed E-state index contributed by atoms with van der Waals surface area (Å²) >= 11 is 0. The van der Waals surface area contributed by atoms with Gasteiger partial charge in [-0.15, -0.1) is 0 Å². The molecule has 0 spiro atoms. The fraction of sp³-hybridized carbons (Fsp3) is 0.800. The Morgan fingerprint density at radius 3 is 2.89 bits per heavy atom. The van der Waals surface area contributed by atoms with Gasteiger partial charge in [-0.25, -0.2) is 0 Å². The van der Waals surface area contributed by atoms with Crippen molar-refractivity contribution in [1.29, 1.82) is 0 Å². The highest BCUT2D eigenvalue weighted by Crippen LogP contribution is 2.28. The van der Waals surface area contributed by atoms with E-state index in [1.165, 1.54) is 31.4 Å². The third-order valence-electron chi connectivity index (χ3n) is 4.62. The molecule has 3 rings (SSSR count). The largest absolute Gasteiger partial charge is 0.311 e. The second-order valence-corrected chi connectivity index (χ2v) is 6.31. The van der Waals surface area contributed by atoms with Crippen molar-refractivity contribution in [3.05, 3.63) is 18.0 Å². The number of hydrogen-bond acceptors (Lipinski definition) is 3. The molecule has 4 nitrogen and oxygen atoms in total. The van der Waals surface area contributed by atoms with Crippen LogP contribution in [0, 0.1) is 0 Å². The highest BCUT2D eigenvalue weighted by Gasteiger charge is 2.23. The van der Waals surface area contributed by atoms with E-state index in [4.69, 9.17) is 5.10 Å². The van der Waals surface area contributed by atoms with Gasteiger partial charge in [-0.3, -0.25) is 9.58 Å². The average molecular weight is 262 g/mol. The molecule has 2 aliphatic rings. The van der Waals surface area contributed by atoms with Gasteiger partial charge in [0.05, 0.1) is 11.7 Å². The van der Waals surface area contributed by atoms with Gasteiger partial charge in [0.25, 0.3) is 0 Å². The SMILES string of the molecule is CC1CN(Cc2ccn(C3CCCC3)n2)C(C)CN1. The van der Waals surface area contributed by atoms with Crippen molar-refractivity contribution in [2.24, 2.45) is 0 Å². The summed E-state index contributed by atoms with van der Waals surface area (Å²) in [7, 11) is 0. The lowest BCUT2D eigenvalue weighted by Crippen LogP contribution is -2.53. The lowest BCUT2D eigenvalue weighted by Gasteiger charge is -2.37. The Balaban J connectivity index is 1.62. The van der Waals surface area contributed by atoms with Crippen LogP contribution in [-0.2, 0) is 6.54 Å². The third-order valence-corrected chi connectivity index (χ3v) is 4.62. The monoisotopic (exact) mass is 262 g/mol. The molecule has 0 aromatic carbocycles. The van der Waals surface area contributed by atoms with Gasteiger partial charge in [-0.1, -0.05) is 12.8 Å². The second kappa shape index (κ2) is 5.63. The predicted octanol–water partition coefficient (Wildman–Crippen LogP) is 2.18. The molecular formula is C15H26N4. The summed E-state index contributed by atoms with van der Waals surface area (Å²) in [6, 6.07) is 4.06. The predicted molar refractivity (Wildman–Crippen MR) is 77.1 cm³/mol. The number of hydrogen-bond donors (Lipinski definition) is 1. The van der Waals surface area contributed by atoms with E-state index in [1.54, 1.807) is 0 Å². The average Bonchev–Trinajstić information content (AvgIpc) is 3.04. The highest BCUT2D eigenvalue weighted by molar-refractivity contribution is 5.01. The van der Waals surface area contributed by atoms with E-state index in [1.807, 2.05) is 0 Å². The van der Waals surface area contributed by atoms with E-state index >= 15 is 0 Å². The second-order valence-electron chi connectivity index (χ2n) is 6.31. The van der Waals surface area contributed by atoms with Crippen molar-refractivity contribution in [2.75, 3.05) is 13.1 Å². The summed E-state index contributed by atoms with van der Waals surface area (Å²) < 4.78 is 2.21. The number of aromatic nitrogens is 2. The first-order valence-corrected chi connectivity index (χ1v) is 7.74. The Labute approximate surface area is 116 Å². The first-order valence-electron chi connectivity index (χ1n) is 7.74. The maximum atomic E-state index is 4.80. The molecule has 0 amide bonds. The standard InChI is InChI=1S/C15H26N4/c1-12-10-18(13(2)9-16-12)11-14-7-8-19(17-14)15-5-3-4-6-15/h7-8,12-13,15-16H,3-6,9-11H2,1-2H3. The van der Waals surface area contributed by atoms with Crippen molar-refractivity contribution in [2.45, 2.75) is 64.2 Å². The van der Waals surface area contributed by atoms with Gasteiger partial charge >= 0.3 is 0 Å². The van der Waals surface area contributed by atoms with E-state index in [2.05, 4.69) is 41.0 Å². The fourth-order valence-corrected chi connectivity index (χ4v) is 3.36. The first kappa shape index (κ1) is 13.1. The Morgan fingerprint density at radius 2 is 2.11 bits per heavy atom. The van der Waals surface area contributed by atoms with Gasteiger partial charge in [0, 0.05) is 37.9 Å². The van der Waals surface area contributed by atoms with Gasteiger partial charge in [0.2, 0.25) is 0 Å². The number of piperazine rings is 1. The van der Waals surface area contributed by atoms with Gasteiger partial charge in [0.1, 0.15) is 0 Å². The minimum absolute atomic E-state index is 0.591. The molecule has 0 radical (unpaired) electrons. The van der Waals surface area contributed by atoms with Crippen molar-refractivity contribution in [3.8, 4) is 0 Å². The Bertz CT molecular complexity index is 408. The minimum Gasteiger partial charge on any atom is -0.311 e. The Morgan fingerprint density at radius 1 is 1.32 bits per heavy atom. The molecule has 106 valence electrons. The summed E-state index contributed by atoms with van der Waals surface area (Å²) in [6.45, 7) is 7.76. The van der Waals surface area contributed by atoms with Crippen LogP contribution < -0.4 is 5.32 Å². The van der Waals surface area contributed by atoms with Crippen LogP contribution in [0.25, 0.3) is 0 Å². The van der Waals surface area contributed by atoms with Crippen LogP contribution in [0.15, 0.2) is 12.3 Å². The van der Waals surface area contributed by atoms with Crippen molar-refractivity contribution < 1.29 is 0 Å². The molecular weight excluding hydrogens is 236 g/mol. The van der Waals surface area contributed by atoms with Crippen LogP contribution in [0.1, 0.15) is 51.3 Å². The molecule has 0 bridgehead atoms. The lowest BCUT2D eigenvalue weighted by atomic mass is 10.1. The molecule has 4 heteroatoms. The van der Waals surface area contributed by atoms with E-state index in [0.29, 0.717) is 18.1 Å². The molecule has 1 aromatic heterocycles. The molecule has 19 heavy (non-hydrogen) atoms. The maximum Gasteiger partial charge on any atom is 0.0765 e. The topological polar surface area (TPSA) is 33.1 Å². The summed E-state index contributed by atoms with van der Waals surface area (Å²) in [4.78, 5) is 2.54. The number of nitrogens with zero attached hydrogens (tertiary/aromatic N) is 3. The minimum atomic E-state index is 0.591. The fourth-order valence-electron chi connectivity index (χ4n) is 3.36. The zero-order valence-electron chi connectivity index (χ0n) is 12.2. The van der Waals surface area contributed by atoms with E-state index in [9.17, 15) is 0 Å². The molecule has 1 saturated carbocycles. The van der Waals surface area contributed by atoms with Crippen LogP contribution in [0.4, 0.5) is 0 Å². The smallest absolute Gasteiger partial charge is 0.0765 e. The van der Waals surface area contributed by atoms with Crippen LogP contribution in [0.5, 0.6) is 0 Å². The zero-order valence-corrected chi connectivity index (χ0v) is 12.2. The molecule has 2 atom stereocenters. The molecule has 2 heterocycles. The Hall–Kier alpha value is -0.870. The molecule has 1 aliphatic heterocycles. The van der Waals surface area contributed by atoms with Gasteiger partial charge in [-0.2, -0.15) is 5.10 Å². The van der Waals surface area contributed by atoms with Crippen LogP contribution in [0.2, 0.25) is 0 Å². The summed E-state index contributed by atoms with van der Waals surface area (Å²) in [5.41, 5.74) is 1.23. The molecule has 2 fully saturated rings. The van der Waals surface area contributed by atoms with Gasteiger partial charge in [-0.05, 0) is 32.8 Å². The summed E-state index contributed by atoms with van der Waals surface area (Å²) in [5.74, 6) is 0. The zero-order chi connectivity index (χ0) is 13.2. The molecule has 1 aliphatic carbocycles. The highest BCUT2D eigenvalue weighted by atomic mass is 15.3. The molecule has 1 aromatic rings. The quantitative estimate of drug-likeness (QED) is 0.906. The normalized spacial score (nSPS) is 30.0. The lowest BCUT2D eigenvalue weighted by molar-refractivity contribution is 0.137. The van der Waals surface area contributed by atoms with E-state index < -0.39 is 0 Å². The molecule has 1 N–H and O–H groups in total.